The van der Waals surface area contributed by atoms with Gasteiger partial charge in [0.1, 0.15) is 5.75 Å². The van der Waals surface area contributed by atoms with Crippen molar-refractivity contribution in [2.24, 2.45) is 5.41 Å². The van der Waals surface area contributed by atoms with Gasteiger partial charge in [0.25, 0.3) is 0 Å². The minimum absolute atomic E-state index is 0.0987. The zero-order chi connectivity index (χ0) is 14.4. The average molecular weight is 277 g/mol. The summed E-state index contributed by atoms with van der Waals surface area (Å²) in [5, 5.41) is 22.6. The largest absolute Gasteiger partial charge is 0.508 e. The van der Waals surface area contributed by atoms with Crippen LogP contribution in [0.15, 0.2) is 24.3 Å². The monoisotopic (exact) mass is 277 g/mol. The molecule has 112 valence electrons. The number of hydrogen-bond acceptors (Lipinski definition) is 3. The summed E-state index contributed by atoms with van der Waals surface area (Å²) in [5.74, 6) is 0.316. The van der Waals surface area contributed by atoms with Crippen molar-refractivity contribution in [1.82, 2.24) is 5.32 Å². The smallest absolute Gasteiger partial charge is 0.115 e. The molecule has 0 radical (unpaired) electrons. The van der Waals surface area contributed by atoms with E-state index in [1.165, 1.54) is 24.8 Å². The lowest BCUT2D eigenvalue weighted by atomic mass is 9.74. The molecule has 0 amide bonds. The molecule has 1 atom stereocenters. The second-order valence-corrected chi connectivity index (χ2v) is 6.37. The Morgan fingerprint density at radius 2 is 1.80 bits per heavy atom. The Hall–Kier alpha value is -1.06. The van der Waals surface area contributed by atoms with E-state index in [0.717, 1.165) is 25.8 Å². The maximum Gasteiger partial charge on any atom is 0.115 e. The number of aromatic hydroxyl groups is 1. The van der Waals surface area contributed by atoms with Crippen LogP contribution in [0.4, 0.5) is 0 Å². The Morgan fingerprint density at radius 3 is 2.40 bits per heavy atom. The second kappa shape index (κ2) is 7.09. The molecule has 3 heteroatoms. The van der Waals surface area contributed by atoms with Crippen LogP contribution >= 0.6 is 0 Å². The molecule has 0 aliphatic heterocycles. The molecule has 2 rings (SSSR count). The van der Waals surface area contributed by atoms with Gasteiger partial charge in [0.2, 0.25) is 0 Å². The van der Waals surface area contributed by atoms with Gasteiger partial charge in [0.05, 0.1) is 0 Å². The average Bonchev–Trinajstić information content (AvgIpc) is 2.49. The Bertz CT molecular complexity index is 396. The number of hydrogen-bond donors (Lipinski definition) is 3. The van der Waals surface area contributed by atoms with Crippen LogP contribution in [0.5, 0.6) is 5.75 Å². The normalized spacial score (nSPS) is 19.7. The minimum atomic E-state index is 0.0987. The van der Waals surface area contributed by atoms with E-state index in [4.69, 9.17) is 0 Å². The number of aliphatic hydroxyl groups excluding tert-OH is 1. The third kappa shape index (κ3) is 4.22. The van der Waals surface area contributed by atoms with Crippen molar-refractivity contribution in [2.75, 3.05) is 13.2 Å². The van der Waals surface area contributed by atoms with E-state index in [-0.39, 0.29) is 5.41 Å². The fourth-order valence-electron chi connectivity index (χ4n) is 3.14. The predicted octanol–water partition coefficient (Wildman–Crippen LogP) is 2.86. The summed E-state index contributed by atoms with van der Waals surface area (Å²) in [6.07, 6.45) is 7.03. The van der Waals surface area contributed by atoms with Gasteiger partial charge in [-0.1, -0.05) is 31.4 Å². The number of phenols is 1. The van der Waals surface area contributed by atoms with Crippen molar-refractivity contribution in [2.45, 2.75) is 51.5 Å². The quantitative estimate of drug-likeness (QED) is 0.749. The number of rotatable bonds is 6. The lowest BCUT2D eigenvalue weighted by Gasteiger charge is -2.36. The van der Waals surface area contributed by atoms with Gasteiger partial charge in [-0.3, -0.25) is 0 Å². The minimum Gasteiger partial charge on any atom is -0.508 e. The molecular formula is C17H27NO2. The summed E-state index contributed by atoms with van der Waals surface area (Å²) >= 11 is 0. The molecule has 1 fully saturated rings. The molecule has 1 saturated carbocycles. The summed E-state index contributed by atoms with van der Waals surface area (Å²) in [7, 11) is 0. The van der Waals surface area contributed by atoms with Crippen molar-refractivity contribution >= 4 is 0 Å². The molecule has 3 nitrogen and oxygen atoms in total. The molecule has 0 saturated heterocycles. The Balaban J connectivity index is 1.81. The number of aliphatic hydroxyl groups is 1. The summed E-state index contributed by atoms with van der Waals surface area (Å²) in [6.45, 7) is 3.38. The maximum absolute atomic E-state index is 9.71. The van der Waals surface area contributed by atoms with E-state index in [9.17, 15) is 10.2 Å². The highest BCUT2D eigenvalue weighted by molar-refractivity contribution is 5.26. The van der Waals surface area contributed by atoms with Gasteiger partial charge in [0.15, 0.2) is 0 Å². The molecule has 1 unspecified atom stereocenters. The molecule has 1 aromatic rings. The Morgan fingerprint density at radius 1 is 1.15 bits per heavy atom. The van der Waals surface area contributed by atoms with Crippen LogP contribution in [-0.4, -0.2) is 29.4 Å². The van der Waals surface area contributed by atoms with Crippen molar-refractivity contribution < 1.29 is 10.2 Å². The van der Waals surface area contributed by atoms with Gasteiger partial charge in [-0.2, -0.15) is 0 Å². The molecule has 20 heavy (non-hydrogen) atoms. The standard InChI is InChI=1S/C17H27NO2/c1-14(11-15-5-7-16(20)8-6-15)18-12-17(13-19)9-3-2-4-10-17/h5-8,14,18-20H,2-4,9-13H2,1H3. The highest BCUT2D eigenvalue weighted by atomic mass is 16.3. The van der Waals surface area contributed by atoms with Gasteiger partial charge in [-0.25, -0.2) is 0 Å². The van der Waals surface area contributed by atoms with E-state index < -0.39 is 0 Å². The second-order valence-electron chi connectivity index (χ2n) is 6.37. The molecule has 1 aliphatic rings. The zero-order valence-corrected chi connectivity index (χ0v) is 12.4. The fraction of sp³-hybridized carbons (Fsp3) is 0.647. The molecular weight excluding hydrogens is 250 g/mol. The highest BCUT2D eigenvalue weighted by Crippen LogP contribution is 2.35. The lowest BCUT2D eigenvalue weighted by molar-refractivity contribution is 0.0789. The summed E-state index contributed by atoms with van der Waals surface area (Å²) in [4.78, 5) is 0. The predicted molar refractivity (Wildman–Crippen MR) is 81.9 cm³/mol. The van der Waals surface area contributed by atoms with E-state index in [1.54, 1.807) is 12.1 Å². The van der Waals surface area contributed by atoms with Gasteiger partial charge in [-0.15, -0.1) is 0 Å². The molecule has 0 bridgehead atoms. The van der Waals surface area contributed by atoms with Gasteiger partial charge in [-0.05, 0) is 43.9 Å². The molecule has 3 N–H and O–H groups in total. The van der Waals surface area contributed by atoms with Crippen LogP contribution in [0.2, 0.25) is 0 Å². The zero-order valence-electron chi connectivity index (χ0n) is 12.4. The Kier molecular flexibility index (Phi) is 5.44. The summed E-state index contributed by atoms with van der Waals surface area (Å²) in [5.41, 5.74) is 1.33. The molecule has 0 heterocycles. The SMILES string of the molecule is CC(Cc1ccc(O)cc1)NCC1(CO)CCCCC1. The maximum atomic E-state index is 9.71. The van der Waals surface area contributed by atoms with E-state index in [2.05, 4.69) is 12.2 Å². The van der Waals surface area contributed by atoms with Crippen LogP contribution in [0.1, 0.15) is 44.6 Å². The first-order chi connectivity index (χ1) is 9.63. The van der Waals surface area contributed by atoms with Crippen molar-refractivity contribution in [3.8, 4) is 5.75 Å². The lowest BCUT2D eigenvalue weighted by Crippen LogP contribution is -2.42. The van der Waals surface area contributed by atoms with Crippen molar-refractivity contribution in [3.05, 3.63) is 29.8 Å². The number of benzene rings is 1. The first-order valence-electron chi connectivity index (χ1n) is 7.76. The van der Waals surface area contributed by atoms with Crippen molar-refractivity contribution in [1.29, 1.82) is 0 Å². The highest BCUT2D eigenvalue weighted by Gasteiger charge is 2.31. The topological polar surface area (TPSA) is 52.5 Å². The fourth-order valence-corrected chi connectivity index (χ4v) is 3.14. The van der Waals surface area contributed by atoms with Crippen LogP contribution in [0.3, 0.4) is 0 Å². The van der Waals surface area contributed by atoms with Gasteiger partial charge in [0, 0.05) is 24.6 Å². The first kappa shape index (κ1) is 15.3. The van der Waals surface area contributed by atoms with E-state index in [1.807, 2.05) is 12.1 Å². The molecule has 1 aliphatic carbocycles. The summed E-state index contributed by atoms with van der Waals surface area (Å²) < 4.78 is 0. The van der Waals surface area contributed by atoms with E-state index >= 15 is 0 Å². The number of nitrogens with one attached hydrogen (secondary N) is 1. The van der Waals surface area contributed by atoms with Crippen LogP contribution in [0, 0.1) is 5.41 Å². The molecule has 0 aromatic heterocycles. The first-order valence-corrected chi connectivity index (χ1v) is 7.76. The molecule has 0 spiro atoms. The van der Waals surface area contributed by atoms with Crippen LogP contribution in [0.25, 0.3) is 0 Å². The van der Waals surface area contributed by atoms with Gasteiger partial charge < -0.3 is 15.5 Å². The van der Waals surface area contributed by atoms with Crippen molar-refractivity contribution in [3.63, 3.8) is 0 Å². The van der Waals surface area contributed by atoms with Gasteiger partial charge >= 0.3 is 0 Å². The number of phenolic OH excluding ortho intramolecular Hbond substituents is 1. The molecule has 1 aromatic carbocycles. The van der Waals surface area contributed by atoms with Crippen LogP contribution in [-0.2, 0) is 6.42 Å². The third-order valence-electron chi connectivity index (χ3n) is 4.55. The van der Waals surface area contributed by atoms with E-state index in [0.29, 0.717) is 18.4 Å². The third-order valence-corrected chi connectivity index (χ3v) is 4.55. The summed E-state index contributed by atoms with van der Waals surface area (Å²) in [6, 6.07) is 7.78. The van der Waals surface area contributed by atoms with Crippen LogP contribution < -0.4 is 5.32 Å². The Labute approximate surface area is 122 Å².